The molecule has 1 aromatic heterocycles. The summed E-state index contributed by atoms with van der Waals surface area (Å²) in [6.45, 7) is 1.50. The lowest BCUT2D eigenvalue weighted by Crippen LogP contribution is -2.39. The zero-order chi connectivity index (χ0) is 13.9. The zero-order valence-corrected chi connectivity index (χ0v) is 11.5. The van der Waals surface area contributed by atoms with E-state index in [0.29, 0.717) is 18.4 Å². The van der Waals surface area contributed by atoms with Crippen LogP contribution in [0.25, 0.3) is 10.9 Å². The van der Waals surface area contributed by atoms with Gasteiger partial charge in [0.15, 0.2) is 0 Å². The predicted molar refractivity (Wildman–Crippen MR) is 76.4 cm³/mol. The molecular formula is C16H18N2O2. The smallest absolute Gasteiger partial charge is 0.254 e. The minimum absolute atomic E-state index is 0.100. The Bertz CT molecular complexity index is 691. The molecule has 1 aliphatic carbocycles. The Morgan fingerprint density at radius 3 is 2.90 bits per heavy atom. The van der Waals surface area contributed by atoms with E-state index >= 15 is 0 Å². The molecule has 1 aromatic carbocycles. The topological polar surface area (TPSA) is 45.5 Å². The molecule has 1 saturated heterocycles. The van der Waals surface area contributed by atoms with E-state index < -0.39 is 0 Å². The number of hydrogen-bond acceptors (Lipinski definition) is 2. The molecule has 3 atom stereocenters. The number of aromatic nitrogens is 1. The minimum atomic E-state index is -0.203. The molecule has 0 unspecified atom stereocenters. The van der Waals surface area contributed by atoms with Crippen molar-refractivity contribution in [1.29, 1.82) is 0 Å². The van der Waals surface area contributed by atoms with Crippen LogP contribution in [-0.2, 0) is 7.05 Å². The van der Waals surface area contributed by atoms with Crippen molar-refractivity contribution in [2.75, 3.05) is 13.1 Å². The number of likely N-dealkylation sites (tertiary alicyclic amines) is 1. The van der Waals surface area contributed by atoms with Crippen LogP contribution in [0, 0.1) is 11.8 Å². The molecule has 1 amide bonds. The van der Waals surface area contributed by atoms with Gasteiger partial charge in [0, 0.05) is 48.7 Å². The number of aryl methyl sites for hydroxylation is 1. The molecule has 2 heterocycles. The number of fused-ring (bicyclic) bond motifs is 2. The minimum Gasteiger partial charge on any atom is -0.393 e. The highest BCUT2D eigenvalue weighted by Crippen LogP contribution is 2.41. The van der Waals surface area contributed by atoms with E-state index in [4.69, 9.17) is 0 Å². The highest BCUT2D eigenvalue weighted by atomic mass is 16.3. The SMILES string of the molecule is Cn1ccc2c(C(=O)N3C[C@@H]4C[C@H](O)[C@@H]4C3)cccc21. The highest BCUT2D eigenvalue weighted by molar-refractivity contribution is 6.06. The van der Waals surface area contributed by atoms with Crippen LogP contribution in [0.4, 0.5) is 0 Å². The van der Waals surface area contributed by atoms with Crippen LogP contribution in [-0.4, -0.2) is 39.7 Å². The summed E-state index contributed by atoms with van der Waals surface area (Å²) in [7, 11) is 1.99. The number of aliphatic hydroxyl groups excluding tert-OH is 1. The van der Waals surface area contributed by atoms with Crippen molar-refractivity contribution in [3.63, 3.8) is 0 Å². The Labute approximate surface area is 117 Å². The van der Waals surface area contributed by atoms with E-state index in [1.54, 1.807) is 0 Å². The summed E-state index contributed by atoms with van der Waals surface area (Å²) in [5.74, 6) is 0.904. The van der Waals surface area contributed by atoms with Gasteiger partial charge in [0.2, 0.25) is 0 Å². The molecule has 104 valence electrons. The average molecular weight is 270 g/mol. The first-order valence-corrected chi connectivity index (χ1v) is 7.16. The average Bonchev–Trinajstić information content (AvgIpc) is 2.99. The predicted octanol–water partition coefficient (Wildman–Crippen LogP) is 1.63. The third-order valence-electron chi connectivity index (χ3n) is 4.98. The van der Waals surface area contributed by atoms with Crippen LogP contribution in [0.15, 0.2) is 30.5 Å². The summed E-state index contributed by atoms with van der Waals surface area (Å²) in [6, 6.07) is 7.88. The molecule has 4 rings (SSSR count). The Kier molecular flexibility index (Phi) is 2.45. The third kappa shape index (κ3) is 1.54. The standard InChI is InChI=1S/C16H18N2O2/c1-17-6-5-11-12(3-2-4-14(11)17)16(20)18-8-10-7-15(19)13(10)9-18/h2-6,10,13,15,19H,7-9H2,1H3/t10-,13+,15-/m0/s1. The second-order valence-corrected chi connectivity index (χ2v) is 6.10. The van der Waals surface area contributed by atoms with Crippen molar-refractivity contribution in [2.45, 2.75) is 12.5 Å². The van der Waals surface area contributed by atoms with E-state index in [0.717, 1.165) is 29.4 Å². The number of nitrogens with zero attached hydrogens (tertiary/aromatic N) is 2. The van der Waals surface area contributed by atoms with Gasteiger partial charge in [-0.2, -0.15) is 0 Å². The van der Waals surface area contributed by atoms with Crippen LogP contribution < -0.4 is 0 Å². The molecular weight excluding hydrogens is 252 g/mol. The van der Waals surface area contributed by atoms with Crippen molar-refractivity contribution in [3.8, 4) is 0 Å². The molecule has 1 saturated carbocycles. The molecule has 0 spiro atoms. The second-order valence-electron chi connectivity index (χ2n) is 6.10. The number of hydrogen-bond donors (Lipinski definition) is 1. The van der Waals surface area contributed by atoms with Crippen molar-refractivity contribution in [2.24, 2.45) is 18.9 Å². The van der Waals surface area contributed by atoms with Crippen LogP contribution in [0.3, 0.4) is 0 Å². The quantitative estimate of drug-likeness (QED) is 0.856. The maximum atomic E-state index is 12.7. The Balaban J connectivity index is 1.68. The molecule has 2 fully saturated rings. The lowest BCUT2D eigenvalue weighted by Gasteiger charge is -2.34. The first kappa shape index (κ1) is 12.0. The molecule has 2 aromatic rings. The summed E-state index contributed by atoms with van der Waals surface area (Å²) in [5, 5.41) is 10.7. The lowest BCUT2D eigenvalue weighted by atomic mass is 9.74. The number of carbonyl (C=O) groups is 1. The van der Waals surface area contributed by atoms with E-state index in [2.05, 4.69) is 0 Å². The maximum Gasteiger partial charge on any atom is 0.254 e. The molecule has 0 radical (unpaired) electrons. The second kappa shape index (κ2) is 4.09. The van der Waals surface area contributed by atoms with Gasteiger partial charge in [-0.25, -0.2) is 0 Å². The summed E-state index contributed by atoms with van der Waals surface area (Å²) < 4.78 is 2.03. The Morgan fingerprint density at radius 2 is 2.15 bits per heavy atom. The third-order valence-corrected chi connectivity index (χ3v) is 4.98. The highest BCUT2D eigenvalue weighted by Gasteiger charge is 2.47. The van der Waals surface area contributed by atoms with Gasteiger partial charge in [-0.15, -0.1) is 0 Å². The molecule has 0 bridgehead atoms. The molecule has 4 heteroatoms. The number of carbonyl (C=O) groups excluding carboxylic acids is 1. The van der Waals surface area contributed by atoms with Crippen molar-refractivity contribution in [3.05, 3.63) is 36.0 Å². The van der Waals surface area contributed by atoms with Gasteiger partial charge in [0.05, 0.1) is 6.10 Å². The normalized spacial score (nSPS) is 28.5. The Hall–Kier alpha value is -1.81. The van der Waals surface area contributed by atoms with Gasteiger partial charge >= 0.3 is 0 Å². The number of amides is 1. The first-order valence-electron chi connectivity index (χ1n) is 7.16. The van der Waals surface area contributed by atoms with Gasteiger partial charge in [0.1, 0.15) is 0 Å². The monoisotopic (exact) mass is 270 g/mol. The maximum absolute atomic E-state index is 12.7. The molecule has 1 aliphatic heterocycles. The fourth-order valence-electron chi connectivity index (χ4n) is 3.70. The van der Waals surface area contributed by atoms with Crippen molar-refractivity contribution >= 4 is 16.8 Å². The van der Waals surface area contributed by atoms with Crippen LogP contribution >= 0.6 is 0 Å². The van der Waals surface area contributed by atoms with Gasteiger partial charge in [-0.3, -0.25) is 4.79 Å². The van der Waals surface area contributed by atoms with Crippen LogP contribution in [0.2, 0.25) is 0 Å². The summed E-state index contributed by atoms with van der Waals surface area (Å²) >= 11 is 0. The van der Waals surface area contributed by atoms with Gasteiger partial charge in [0.25, 0.3) is 5.91 Å². The number of aliphatic hydroxyl groups is 1. The fourth-order valence-corrected chi connectivity index (χ4v) is 3.70. The van der Waals surface area contributed by atoms with Crippen LogP contribution in [0.5, 0.6) is 0 Å². The van der Waals surface area contributed by atoms with E-state index in [1.165, 1.54) is 0 Å². The van der Waals surface area contributed by atoms with Crippen molar-refractivity contribution in [1.82, 2.24) is 9.47 Å². The van der Waals surface area contributed by atoms with E-state index in [1.807, 2.05) is 47.0 Å². The number of rotatable bonds is 1. The van der Waals surface area contributed by atoms with E-state index in [-0.39, 0.29) is 12.0 Å². The summed E-state index contributed by atoms with van der Waals surface area (Å²) in [6.07, 6.45) is 2.63. The fraction of sp³-hybridized carbons (Fsp3) is 0.438. The molecule has 4 nitrogen and oxygen atoms in total. The zero-order valence-electron chi connectivity index (χ0n) is 11.5. The summed E-state index contributed by atoms with van der Waals surface area (Å²) in [5.41, 5.74) is 1.86. The van der Waals surface area contributed by atoms with Crippen molar-refractivity contribution < 1.29 is 9.90 Å². The van der Waals surface area contributed by atoms with Gasteiger partial charge < -0.3 is 14.6 Å². The molecule has 2 aliphatic rings. The largest absolute Gasteiger partial charge is 0.393 e. The summed E-state index contributed by atoms with van der Waals surface area (Å²) in [4.78, 5) is 14.6. The van der Waals surface area contributed by atoms with Crippen LogP contribution in [0.1, 0.15) is 16.8 Å². The first-order chi connectivity index (χ1) is 9.65. The molecule has 20 heavy (non-hydrogen) atoms. The van der Waals surface area contributed by atoms with Gasteiger partial charge in [-0.1, -0.05) is 6.07 Å². The Morgan fingerprint density at radius 1 is 1.30 bits per heavy atom. The van der Waals surface area contributed by atoms with E-state index in [9.17, 15) is 9.90 Å². The lowest BCUT2D eigenvalue weighted by molar-refractivity contribution is -0.00426. The van der Waals surface area contributed by atoms with Gasteiger partial charge in [-0.05, 0) is 30.5 Å². The number of benzene rings is 1. The molecule has 1 N–H and O–H groups in total.